The third-order valence-electron chi connectivity index (χ3n) is 7.80. The zero-order valence-electron chi connectivity index (χ0n) is 21.7. The molecule has 0 bridgehead atoms. The highest BCUT2D eigenvalue weighted by atomic mass is 32.1. The third kappa shape index (κ3) is 5.97. The lowest BCUT2D eigenvalue weighted by atomic mass is 9.90. The maximum Gasteiger partial charge on any atom is 0.236 e. The number of hydrogen-bond acceptors (Lipinski definition) is 4. The van der Waals surface area contributed by atoms with Crippen LogP contribution in [0.1, 0.15) is 73.6 Å². The zero-order chi connectivity index (χ0) is 24.8. The van der Waals surface area contributed by atoms with E-state index in [4.69, 9.17) is 0 Å². The van der Waals surface area contributed by atoms with Crippen LogP contribution in [0.15, 0.2) is 35.7 Å². The van der Waals surface area contributed by atoms with Gasteiger partial charge in [-0.3, -0.25) is 14.5 Å². The number of carbonyl (C=O) groups excluding carboxylic acids is 2. The second-order valence-electron chi connectivity index (χ2n) is 10.1. The predicted molar refractivity (Wildman–Crippen MR) is 144 cm³/mol. The molecule has 0 aliphatic carbocycles. The molecule has 2 aromatic rings. The molecule has 0 saturated carbocycles. The van der Waals surface area contributed by atoms with Gasteiger partial charge in [0.1, 0.15) is 0 Å². The van der Waals surface area contributed by atoms with Gasteiger partial charge in [-0.25, -0.2) is 0 Å². The number of nitrogens with zero attached hydrogens (tertiary/aromatic N) is 3. The molecule has 1 fully saturated rings. The fraction of sp³-hybridized carbons (Fsp3) is 0.586. The quantitative estimate of drug-likeness (QED) is 0.500. The van der Waals surface area contributed by atoms with Crippen molar-refractivity contribution in [2.24, 2.45) is 5.92 Å². The Morgan fingerprint density at radius 3 is 2.54 bits per heavy atom. The minimum Gasteiger partial charge on any atom is -0.341 e. The van der Waals surface area contributed by atoms with Crippen LogP contribution in [0.2, 0.25) is 0 Å². The summed E-state index contributed by atoms with van der Waals surface area (Å²) in [6.07, 6.45) is 5.96. The number of hydrogen-bond donors (Lipinski definition) is 0. The molecule has 35 heavy (non-hydrogen) atoms. The number of aryl methyl sites for hydroxylation is 1. The van der Waals surface area contributed by atoms with Gasteiger partial charge in [0.15, 0.2) is 0 Å². The summed E-state index contributed by atoms with van der Waals surface area (Å²) in [5.74, 6) is 0.602. The van der Waals surface area contributed by atoms with Crippen LogP contribution >= 0.6 is 11.3 Å². The average Bonchev–Trinajstić information content (AvgIpc) is 3.20. The van der Waals surface area contributed by atoms with Gasteiger partial charge in [0.05, 0.1) is 12.6 Å². The zero-order valence-corrected chi connectivity index (χ0v) is 22.5. The SMILES string of the molecule is CCCC[C@@H](CC)C(=O)N1CCCN(C(=O)CN2CCc3sccc3[C@H]2c2ccccc2C)CC1. The summed E-state index contributed by atoms with van der Waals surface area (Å²) in [6, 6.07) is 10.9. The Kier molecular flexibility index (Phi) is 9.01. The molecule has 190 valence electrons. The summed E-state index contributed by atoms with van der Waals surface area (Å²) < 4.78 is 0. The second kappa shape index (κ2) is 12.2. The molecule has 5 nitrogen and oxygen atoms in total. The number of amides is 2. The van der Waals surface area contributed by atoms with Crippen LogP contribution in [0.25, 0.3) is 0 Å². The van der Waals surface area contributed by atoms with E-state index in [2.05, 4.69) is 61.4 Å². The molecule has 1 aromatic heterocycles. The van der Waals surface area contributed by atoms with E-state index in [9.17, 15) is 9.59 Å². The van der Waals surface area contributed by atoms with E-state index in [0.29, 0.717) is 19.6 Å². The van der Waals surface area contributed by atoms with Gasteiger partial charge < -0.3 is 9.80 Å². The van der Waals surface area contributed by atoms with Gasteiger partial charge in [0.25, 0.3) is 0 Å². The van der Waals surface area contributed by atoms with Crippen LogP contribution in [0, 0.1) is 12.8 Å². The summed E-state index contributed by atoms with van der Waals surface area (Å²) >= 11 is 1.83. The lowest BCUT2D eigenvalue weighted by Gasteiger charge is -2.37. The van der Waals surface area contributed by atoms with Crippen LogP contribution in [0.3, 0.4) is 0 Å². The molecular weight excluding hydrogens is 454 g/mol. The van der Waals surface area contributed by atoms with E-state index >= 15 is 0 Å². The molecular formula is C29H41N3O2S. The number of carbonyl (C=O) groups is 2. The molecule has 3 heterocycles. The van der Waals surface area contributed by atoms with Crippen molar-refractivity contribution in [1.82, 2.24) is 14.7 Å². The van der Waals surface area contributed by atoms with Gasteiger partial charge in [-0.15, -0.1) is 11.3 Å². The molecule has 2 amide bonds. The molecule has 0 radical (unpaired) electrons. The first-order chi connectivity index (χ1) is 17.0. The maximum atomic E-state index is 13.5. The van der Waals surface area contributed by atoms with Crippen molar-refractivity contribution in [2.45, 2.75) is 65.3 Å². The van der Waals surface area contributed by atoms with Crippen molar-refractivity contribution < 1.29 is 9.59 Å². The van der Waals surface area contributed by atoms with Crippen molar-refractivity contribution in [2.75, 3.05) is 39.3 Å². The average molecular weight is 496 g/mol. The van der Waals surface area contributed by atoms with E-state index < -0.39 is 0 Å². The molecule has 0 unspecified atom stereocenters. The Hall–Kier alpha value is -2.18. The summed E-state index contributed by atoms with van der Waals surface area (Å²) in [5, 5.41) is 2.19. The van der Waals surface area contributed by atoms with Gasteiger partial charge in [-0.1, -0.05) is 51.0 Å². The van der Waals surface area contributed by atoms with Crippen molar-refractivity contribution in [1.29, 1.82) is 0 Å². The monoisotopic (exact) mass is 495 g/mol. The summed E-state index contributed by atoms with van der Waals surface area (Å²) in [5.41, 5.74) is 3.92. The van der Waals surface area contributed by atoms with E-state index in [1.54, 1.807) is 0 Å². The van der Waals surface area contributed by atoms with Crippen molar-refractivity contribution in [3.8, 4) is 0 Å². The van der Waals surface area contributed by atoms with Crippen LogP contribution < -0.4 is 0 Å². The molecule has 6 heteroatoms. The van der Waals surface area contributed by atoms with Gasteiger partial charge in [0.2, 0.25) is 11.8 Å². The van der Waals surface area contributed by atoms with E-state index in [0.717, 1.165) is 58.2 Å². The molecule has 2 aliphatic rings. The predicted octanol–water partition coefficient (Wildman–Crippen LogP) is 5.28. The second-order valence-corrected chi connectivity index (χ2v) is 11.1. The molecule has 0 spiro atoms. The first-order valence-corrected chi connectivity index (χ1v) is 14.3. The van der Waals surface area contributed by atoms with Gasteiger partial charge in [-0.05, 0) is 60.7 Å². The number of unbranched alkanes of at least 4 members (excludes halogenated alkanes) is 1. The van der Waals surface area contributed by atoms with Crippen molar-refractivity contribution in [3.63, 3.8) is 0 Å². The summed E-state index contributed by atoms with van der Waals surface area (Å²) in [4.78, 5) is 34.5. The molecule has 2 aliphatic heterocycles. The van der Waals surface area contributed by atoms with E-state index in [1.165, 1.54) is 21.6 Å². The first-order valence-electron chi connectivity index (χ1n) is 13.5. The molecule has 4 rings (SSSR count). The fourth-order valence-electron chi connectivity index (χ4n) is 5.67. The molecule has 2 atom stereocenters. The maximum absolute atomic E-state index is 13.5. The highest BCUT2D eigenvalue weighted by Crippen LogP contribution is 2.38. The molecule has 0 N–H and O–H groups in total. The highest BCUT2D eigenvalue weighted by molar-refractivity contribution is 7.10. The third-order valence-corrected chi connectivity index (χ3v) is 8.79. The Labute approximate surface area is 215 Å². The normalized spacial score (nSPS) is 19.8. The molecule has 1 saturated heterocycles. The minimum absolute atomic E-state index is 0.125. The number of fused-ring (bicyclic) bond motifs is 1. The minimum atomic E-state index is 0.125. The summed E-state index contributed by atoms with van der Waals surface area (Å²) in [6.45, 7) is 10.6. The fourth-order valence-corrected chi connectivity index (χ4v) is 6.57. The topological polar surface area (TPSA) is 43.9 Å². The van der Waals surface area contributed by atoms with Crippen LogP contribution in [0.4, 0.5) is 0 Å². The standard InChI is InChI=1S/C29H41N3O2S/c1-4-6-11-23(5-2)29(34)31-16-9-15-30(18-19-31)27(33)21-32-17-13-26-25(14-20-35-26)28(32)24-12-8-7-10-22(24)3/h7-8,10,12,14,20,23,28H,4-6,9,11,13,15-19,21H2,1-3H3/t23-,28-/m1/s1. The number of rotatable bonds is 8. The number of benzene rings is 1. The van der Waals surface area contributed by atoms with Gasteiger partial charge in [-0.2, -0.15) is 0 Å². The Morgan fingerprint density at radius 2 is 1.77 bits per heavy atom. The lowest BCUT2D eigenvalue weighted by Crippen LogP contribution is -2.46. The smallest absolute Gasteiger partial charge is 0.236 e. The van der Waals surface area contributed by atoms with Crippen LogP contribution in [0.5, 0.6) is 0 Å². The summed E-state index contributed by atoms with van der Waals surface area (Å²) in [7, 11) is 0. The molecule has 1 aromatic carbocycles. The Balaban J connectivity index is 1.43. The van der Waals surface area contributed by atoms with E-state index in [1.807, 2.05) is 21.1 Å². The first kappa shape index (κ1) is 25.9. The lowest BCUT2D eigenvalue weighted by molar-refractivity contribution is -0.137. The van der Waals surface area contributed by atoms with E-state index in [-0.39, 0.29) is 23.8 Å². The number of thiophene rings is 1. The Bertz CT molecular complexity index is 1000. The van der Waals surface area contributed by atoms with Gasteiger partial charge in [0, 0.05) is 43.5 Å². The van der Waals surface area contributed by atoms with Crippen molar-refractivity contribution >= 4 is 23.2 Å². The van der Waals surface area contributed by atoms with Crippen LogP contribution in [-0.2, 0) is 16.0 Å². The largest absolute Gasteiger partial charge is 0.341 e. The van der Waals surface area contributed by atoms with Crippen LogP contribution in [-0.4, -0.2) is 65.8 Å². The van der Waals surface area contributed by atoms with Gasteiger partial charge >= 0.3 is 0 Å². The van der Waals surface area contributed by atoms with Crippen molar-refractivity contribution in [3.05, 3.63) is 57.3 Å². The Morgan fingerprint density at radius 1 is 1.00 bits per heavy atom. The highest BCUT2D eigenvalue weighted by Gasteiger charge is 2.33.